The number of ether oxygens (including phenoxy) is 4. The van der Waals surface area contributed by atoms with Crippen molar-refractivity contribution in [2.24, 2.45) is 0 Å². The molecule has 0 spiro atoms. The predicted octanol–water partition coefficient (Wildman–Crippen LogP) is 1.86. The van der Waals surface area contributed by atoms with Crippen molar-refractivity contribution in [1.29, 1.82) is 0 Å². The minimum atomic E-state index is 0.0564. The highest BCUT2D eigenvalue weighted by Crippen LogP contribution is 2.30. The van der Waals surface area contributed by atoms with Gasteiger partial charge in [0.1, 0.15) is 23.7 Å². The van der Waals surface area contributed by atoms with Crippen LogP contribution in [0.4, 0.5) is 0 Å². The lowest BCUT2D eigenvalue weighted by atomic mass is 9.85. The van der Waals surface area contributed by atoms with Crippen LogP contribution in [0.1, 0.15) is 13.3 Å². The molecule has 0 radical (unpaired) electrons. The first-order valence-corrected chi connectivity index (χ1v) is 7.45. The van der Waals surface area contributed by atoms with Gasteiger partial charge in [-0.1, -0.05) is 6.07 Å². The molecule has 5 nitrogen and oxygen atoms in total. The summed E-state index contributed by atoms with van der Waals surface area (Å²) in [6.45, 7) is 3.80. The highest BCUT2D eigenvalue weighted by atomic mass is 16.6. The van der Waals surface area contributed by atoms with Crippen molar-refractivity contribution >= 4 is 0 Å². The zero-order valence-electron chi connectivity index (χ0n) is 13.0. The monoisotopic (exact) mass is 295 g/mol. The number of methoxy groups -OCH3 is 1. The standard InChI is InChI=1S/C16H25NO4/c1-4-19-12-6-5-7-13(10-12)21-15-11-14(17-2)16(15)20-9-8-18-3/h5-7,10,14-17H,4,8-9,11H2,1-3H3. The van der Waals surface area contributed by atoms with E-state index in [2.05, 4.69) is 5.32 Å². The number of rotatable bonds is 9. The van der Waals surface area contributed by atoms with Crippen molar-refractivity contribution in [2.45, 2.75) is 31.6 Å². The van der Waals surface area contributed by atoms with E-state index in [-0.39, 0.29) is 12.2 Å². The summed E-state index contributed by atoms with van der Waals surface area (Å²) in [7, 11) is 3.62. The first kappa shape index (κ1) is 16.1. The van der Waals surface area contributed by atoms with Gasteiger partial charge in [0.05, 0.1) is 19.8 Å². The van der Waals surface area contributed by atoms with Gasteiger partial charge in [0, 0.05) is 25.6 Å². The number of hydrogen-bond donors (Lipinski definition) is 1. The lowest BCUT2D eigenvalue weighted by Crippen LogP contribution is -2.60. The van der Waals surface area contributed by atoms with Crippen LogP contribution in [0.5, 0.6) is 11.5 Å². The van der Waals surface area contributed by atoms with E-state index < -0.39 is 0 Å². The highest BCUT2D eigenvalue weighted by Gasteiger charge is 2.43. The quantitative estimate of drug-likeness (QED) is 0.705. The van der Waals surface area contributed by atoms with Gasteiger partial charge in [-0.2, -0.15) is 0 Å². The molecule has 0 saturated heterocycles. The normalized spacial score (nSPS) is 24.4. The summed E-state index contributed by atoms with van der Waals surface area (Å²) in [6.07, 6.45) is 1.06. The maximum Gasteiger partial charge on any atom is 0.128 e. The van der Waals surface area contributed by atoms with Crippen molar-refractivity contribution < 1.29 is 18.9 Å². The predicted molar refractivity (Wildman–Crippen MR) is 81.1 cm³/mol. The van der Waals surface area contributed by atoms with Crippen LogP contribution in [0.2, 0.25) is 0 Å². The molecule has 1 aromatic rings. The Morgan fingerprint density at radius 1 is 1.24 bits per heavy atom. The van der Waals surface area contributed by atoms with Crippen LogP contribution in [0.15, 0.2) is 24.3 Å². The Balaban J connectivity index is 1.90. The summed E-state index contributed by atoms with van der Waals surface area (Å²) in [5.41, 5.74) is 0. The van der Waals surface area contributed by atoms with Crippen molar-refractivity contribution in [2.75, 3.05) is 34.0 Å². The first-order valence-electron chi connectivity index (χ1n) is 7.45. The number of hydrogen-bond acceptors (Lipinski definition) is 5. The molecular weight excluding hydrogens is 270 g/mol. The molecule has 0 bridgehead atoms. The van der Waals surface area contributed by atoms with E-state index in [0.29, 0.717) is 25.9 Å². The van der Waals surface area contributed by atoms with Gasteiger partial charge in [-0.15, -0.1) is 0 Å². The molecule has 1 fully saturated rings. The number of likely N-dealkylation sites (N-methyl/N-ethyl adjacent to an activating group) is 1. The minimum Gasteiger partial charge on any atom is -0.494 e. The average molecular weight is 295 g/mol. The van der Waals surface area contributed by atoms with Crippen molar-refractivity contribution in [3.8, 4) is 11.5 Å². The van der Waals surface area contributed by atoms with E-state index in [9.17, 15) is 0 Å². The van der Waals surface area contributed by atoms with Crippen LogP contribution >= 0.6 is 0 Å². The van der Waals surface area contributed by atoms with Crippen molar-refractivity contribution in [3.63, 3.8) is 0 Å². The second-order valence-electron chi connectivity index (χ2n) is 5.02. The lowest BCUT2D eigenvalue weighted by molar-refractivity contribution is -0.114. The van der Waals surface area contributed by atoms with Gasteiger partial charge in [-0.05, 0) is 26.1 Å². The second-order valence-corrected chi connectivity index (χ2v) is 5.02. The Hall–Kier alpha value is -1.30. The summed E-state index contributed by atoms with van der Waals surface area (Å²) in [6, 6.07) is 8.07. The van der Waals surface area contributed by atoms with Crippen LogP contribution in [0.3, 0.4) is 0 Å². The molecule has 21 heavy (non-hydrogen) atoms. The van der Waals surface area contributed by atoms with Crippen LogP contribution in [0, 0.1) is 0 Å². The van der Waals surface area contributed by atoms with Crippen LogP contribution in [-0.4, -0.2) is 52.2 Å². The van der Waals surface area contributed by atoms with Crippen molar-refractivity contribution in [3.05, 3.63) is 24.3 Å². The van der Waals surface area contributed by atoms with Gasteiger partial charge in [0.15, 0.2) is 0 Å². The molecule has 0 aromatic heterocycles. The van der Waals surface area contributed by atoms with Gasteiger partial charge in [0.25, 0.3) is 0 Å². The van der Waals surface area contributed by atoms with Gasteiger partial charge < -0.3 is 24.3 Å². The van der Waals surface area contributed by atoms with Gasteiger partial charge in [0.2, 0.25) is 0 Å². The summed E-state index contributed by atoms with van der Waals surface area (Å²) >= 11 is 0. The molecule has 0 aliphatic heterocycles. The number of nitrogens with one attached hydrogen (secondary N) is 1. The summed E-state index contributed by atoms with van der Waals surface area (Å²) < 4.78 is 22.4. The Bertz CT molecular complexity index is 426. The Kier molecular flexibility index (Phi) is 6.29. The van der Waals surface area contributed by atoms with E-state index >= 15 is 0 Å². The molecule has 1 aliphatic rings. The van der Waals surface area contributed by atoms with E-state index in [0.717, 1.165) is 17.9 Å². The van der Waals surface area contributed by atoms with E-state index in [1.165, 1.54) is 0 Å². The van der Waals surface area contributed by atoms with Crippen LogP contribution < -0.4 is 14.8 Å². The molecule has 118 valence electrons. The van der Waals surface area contributed by atoms with Gasteiger partial charge >= 0.3 is 0 Å². The fraction of sp³-hybridized carbons (Fsp3) is 0.625. The molecule has 1 N–H and O–H groups in total. The molecular formula is C16H25NO4. The SMILES string of the molecule is CCOc1cccc(OC2CC(NC)C2OCCOC)c1. The van der Waals surface area contributed by atoms with Crippen molar-refractivity contribution in [1.82, 2.24) is 5.32 Å². The smallest absolute Gasteiger partial charge is 0.128 e. The Morgan fingerprint density at radius 3 is 2.76 bits per heavy atom. The highest BCUT2D eigenvalue weighted by molar-refractivity contribution is 5.33. The summed E-state index contributed by atoms with van der Waals surface area (Å²) in [5, 5.41) is 3.26. The van der Waals surface area contributed by atoms with E-state index in [4.69, 9.17) is 18.9 Å². The summed E-state index contributed by atoms with van der Waals surface area (Å²) in [4.78, 5) is 0. The van der Waals surface area contributed by atoms with E-state index in [1.54, 1.807) is 7.11 Å². The summed E-state index contributed by atoms with van der Waals surface area (Å²) in [5.74, 6) is 1.65. The average Bonchev–Trinajstić information content (AvgIpc) is 2.48. The largest absolute Gasteiger partial charge is 0.494 e. The van der Waals surface area contributed by atoms with E-state index in [1.807, 2.05) is 38.2 Å². The molecule has 3 unspecified atom stereocenters. The fourth-order valence-corrected chi connectivity index (χ4v) is 2.45. The molecule has 0 heterocycles. The third kappa shape index (κ3) is 4.33. The minimum absolute atomic E-state index is 0.0564. The third-order valence-electron chi connectivity index (χ3n) is 3.62. The maximum atomic E-state index is 6.03. The molecule has 5 heteroatoms. The topological polar surface area (TPSA) is 49.0 Å². The number of benzene rings is 1. The zero-order chi connectivity index (χ0) is 15.1. The lowest BCUT2D eigenvalue weighted by Gasteiger charge is -2.43. The van der Waals surface area contributed by atoms with Gasteiger partial charge in [-0.25, -0.2) is 0 Å². The molecule has 1 aliphatic carbocycles. The molecule has 1 aromatic carbocycles. The molecule has 2 rings (SSSR count). The third-order valence-corrected chi connectivity index (χ3v) is 3.62. The maximum absolute atomic E-state index is 6.03. The molecule has 0 amide bonds. The molecule has 1 saturated carbocycles. The van der Waals surface area contributed by atoms with Crippen LogP contribution in [-0.2, 0) is 9.47 Å². The van der Waals surface area contributed by atoms with Gasteiger partial charge in [-0.3, -0.25) is 0 Å². The second kappa shape index (κ2) is 8.22. The first-order chi connectivity index (χ1) is 10.3. The Labute approximate surface area is 126 Å². The Morgan fingerprint density at radius 2 is 2.05 bits per heavy atom. The fourth-order valence-electron chi connectivity index (χ4n) is 2.45. The van der Waals surface area contributed by atoms with Crippen LogP contribution in [0.25, 0.3) is 0 Å². The molecule has 3 atom stereocenters. The zero-order valence-corrected chi connectivity index (χ0v) is 13.0.